The van der Waals surface area contributed by atoms with E-state index in [1.54, 1.807) is 54.9 Å². The van der Waals surface area contributed by atoms with Gasteiger partial charge in [-0.25, -0.2) is 8.42 Å². The van der Waals surface area contributed by atoms with Crippen LogP contribution in [-0.4, -0.2) is 18.4 Å². The second kappa shape index (κ2) is 5.90. The third kappa shape index (κ3) is 3.35. The van der Waals surface area contributed by atoms with Crippen molar-refractivity contribution < 1.29 is 8.42 Å². The van der Waals surface area contributed by atoms with Crippen molar-refractivity contribution in [2.24, 2.45) is 0 Å². The first-order valence-electron chi connectivity index (χ1n) is 6.48. The number of hydrogen-bond acceptors (Lipinski definition) is 4. The smallest absolute Gasteiger partial charge is 0.236 e. The van der Waals surface area contributed by atoms with Crippen LogP contribution in [0.4, 0.5) is 5.69 Å². The van der Waals surface area contributed by atoms with E-state index < -0.39 is 10.0 Å². The lowest BCUT2D eigenvalue weighted by molar-refractivity contribution is 0.600. The van der Waals surface area contributed by atoms with Gasteiger partial charge in [-0.15, -0.1) is 0 Å². The highest BCUT2D eigenvalue weighted by Gasteiger charge is 2.14. The first-order valence-corrected chi connectivity index (χ1v) is 8.51. The van der Waals surface area contributed by atoms with Crippen molar-refractivity contribution in [2.75, 3.05) is 4.72 Å². The Bertz CT molecular complexity index is 929. The van der Waals surface area contributed by atoms with Crippen molar-refractivity contribution in [2.45, 2.75) is 5.75 Å². The van der Waals surface area contributed by atoms with Gasteiger partial charge in [-0.1, -0.05) is 29.8 Å². The van der Waals surface area contributed by atoms with Crippen molar-refractivity contribution in [3.63, 3.8) is 0 Å². The highest BCUT2D eigenvalue weighted by molar-refractivity contribution is 7.91. The van der Waals surface area contributed by atoms with Gasteiger partial charge in [0.05, 0.1) is 22.5 Å². The minimum atomic E-state index is -3.56. The minimum Gasteiger partial charge on any atom is -0.283 e. The van der Waals surface area contributed by atoms with Gasteiger partial charge >= 0.3 is 0 Å². The normalized spacial score (nSPS) is 11.5. The van der Waals surface area contributed by atoms with Crippen LogP contribution in [0.15, 0.2) is 54.9 Å². The van der Waals surface area contributed by atoms with Gasteiger partial charge < -0.3 is 0 Å². The van der Waals surface area contributed by atoms with Gasteiger partial charge in [0, 0.05) is 17.4 Å². The van der Waals surface area contributed by atoms with E-state index in [1.165, 1.54) is 0 Å². The summed E-state index contributed by atoms with van der Waals surface area (Å²) in [6.45, 7) is 0. The van der Waals surface area contributed by atoms with Crippen molar-refractivity contribution in [1.82, 2.24) is 9.97 Å². The molecule has 0 radical (unpaired) electrons. The Kier molecular flexibility index (Phi) is 3.96. The molecule has 0 aliphatic heterocycles. The standard InChI is InChI=1S/C15H12ClN3O2S/c16-13-4-2-1-3-11(13)10-22(20,21)19-12-5-6-14-15(9-12)18-8-7-17-14/h1-9,19H,10H2. The largest absolute Gasteiger partial charge is 0.283 e. The van der Waals surface area contributed by atoms with E-state index in [-0.39, 0.29) is 5.75 Å². The maximum atomic E-state index is 12.3. The highest BCUT2D eigenvalue weighted by Crippen LogP contribution is 2.20. The zero-order valence-electron chi connectivity index (χ0n) is 11.4. The Morgan fingerprint density at radius 3 is 2.50 bits per heavy atom. The molecule has 0 fully saturated rings. The molecule has 0 aliphatic carbocycles. The molecule has 1 N–H and O–H groups in total. The number of nitrogens with zero attached hydrogens (tertiary/aromatic N) is 2. The SMILES string of the molecule is O=S(=O)(Cc1ccccc1Cl)Nc1ccc2nccnc2c1. The molecule has 22 heavy (non-hydrogen) atoms. The van der Waals surface area contributed by atoms with Crippen molar-refractivity contribution >= 4 is 38.3 Å². The molecule has 0 amide bonds. The van der Waals surface area contributed by atoms with Crippen LogP contribution in [0.25, 0.3) is 11.0 Å². The van der Waals surface area contributed by atoms with Crippen LogP contribution in [0.3, 0.4) is 0 Å². The molecule has 2 aromatic carbocycles. The van der Waals surface area contributed by atoms with E-state index in [1.807, 2.05) is 0 Å². The van der Waals surface area contributed by atoms with Crippen LogP contribution in [0, 0.1) is 0 Å². The summed E-state index contributed by atoms with van der Waals surface area (Å²) in [6, 6.07) is 11.9. The summed E-state index contributed by atoms with van der Waals surface area (Å²) in [5, 5.41) is 0.428. The number of fused-ring (bicyclic) bond motifs is 1. The van der Waals surface area contributed by atoms with E-state index in [2.05, 4.69) is 14.7 Å². The third-order valence-electron chi connectivity index (χ3n) is 3.05. The summed E-state index contributed by atoms with van der Waals surface area (Å²) in [6.07, 6.45) is 3.15. The van der Waals surface area contributed by atoms with E-state index in [0.29, 0.717) is 27.3 Å². The molecule has 5 nitrogen and oxygen atoms in total. The Labute approximate surface area is 133 Å². The summed E-state index contributed by atoms with van der Waals surface area (Å²) in [5.74, 6) is -0.189. The van der Waals surface area contributed by atoms with Crippen molar-refractivity contribution in [3.8, 4) is 0 Å². The van der Waals surface area contributed by atoms with Crippen LogP contribution in [0.5, 0.6) is 0 Å². The second-order valence-corrected chi connectivity index (χ2v) is 6.84. The maximum Gasteiger partial charge on any atom is 0.236 e. The summed E-state index contributed by atoms with van der Waals surface area (Å²) >= 11 is 6.00. The Balaban J connectivity index is 1.85. The van der Waals surface area contributed by atoms with Crippen LogP contribution >= 0.6 is 11.6 Å². The minimum absolute atomic E-state index is 0.189. The number of anilines is 1. The number of halogens is 1. The lowest BCUT2D eigenvalue weighted by atomic mass is 10.2. The first-order chi connectivity index (χ1) is 10.5. The van der Waals surface area contributed by atoms with Crippen LogP contribution in [0.2, 0.25) is 5.02 Å². The third-order valence-corrected chi connectivity index (χ3v) is 4.65. The molecule has 112 valence electrons. The van der Waals surface area contributed by atoms with Gasteiger partial charge in [-0.2, -0.15) is 0 Å². The van der Waals surface area contributed by atoms with Crippen molar-refractivity contribution in [1.29, 1.82) is 0 Å². The van der Waals surface area contributed by atoms with E-state index in [9.17, 15) is 8.42 Å². The quantitative estimate of drug-likeness (QED) is 0.795. The van der Waals surface area contributed by atoms with E-state index in [0.717, 1.165) is 0 Å². The number of hydrogen-bond donors (Lipinski definition) is 1. The number of benzene rings is 2. The number of nitrogens with one attached hydrogen (secondary N) is 1. The average molecular weight is 334 g/mol. The monoisotopic (exact) mass is 333 g/mol. The van der Waals surface area contributed by atoms with Gasteiger partial charge in [0.25, 0.3) is 0 Å². The van der Waals surface area contributed by atoms with E-state index >= 15 is 0 Å². The van der Waals surface area contributed by atoms with Crippen LogP contribution in [-0.2, 0) is 15.8 Å². The van der Waals surface area contributed by atoms with Gasteiger partial charge in [0.1, 0.15) is 0 Å². The number of sulfonamides is 1. The fraction of sp³-hybridized carbons (Fsp3) is 0.0667. The molecule has 0 unspecified atom stereocenters. The lowest BCUT2D eigenvalue weighted by Gasteiger charge is -2.09. The second-order valence-electron chi connectivity index (χ2n) is 4.71. The summed E-state index contributed by atoms with van der Waals surface area (Å²) < 4.78 is 27.0. The van der Waals surface area contributed by atoms with E-state index in [4.69, 9.17) is 11.6 Å². The molecule has 0 bridgehead atoms. The summed E-state index contributed by atoms with van der Waals surface area (Å²) in [7, 11) is -3.56. The molecule has 0 saturated carbocycles. The Morgan fingerprint density at radius 1 is 1.00 bits per heavy atom. The van der Waals surface area contributed by atoms with Gasteiger partial charge in [0.15, 0.2) is 0 Å². The van der Waals surface area contributed by atoms with Gasteiger partial charge in [0.2, 0.25) is 10.0 Å². The number of aromatic nitrogens is 2. The molecule has 0 spiro atoms. The molecule has 1 aromatic heterocycles. The zero-order chi connectivity index (χ0) is 15.6. The van der Waals surface area contributed by atoms with Crippen LogP contribution in [0.1, 0.15) is 5.56 Å². The molecule has 7 heteroatoms. The lowest BCUT2D eigenvalue weighted by Crippen LogP contribution is -2.15. The first kappa shape index (κ1) is 14.7. The van der Waals surface area contributed by atoms with Crippen LogP contribution < -0.4 is 4.72 Å². The molecule has 1 heterocycles. The summed E-state index contributed by atoms with van der Waals surface area (Å²) in [5.41, 5.74) is 2.33. The molecular weight excluding hydrogens is 322 g/mol. The fourth-order valence-corrected chi connectivity index (χ4v) is 3.56. The maximum absolute atomic E-state index is 12.3. The predicted octanol–water partition coefficient (Wildman–Crippen LogP) is 3.23. The molecule has 3 rings (SSSR count). The summed E-state index contributed by atoms with van der Waals surface area (Å²) in [4.78, 5) is 8.29. The zero-order valence-corrected chi connectivity index (χ0v) is 13.0. The molecule has 0 aliphatic rings. The van der Waals surface area contributed by atoms with Gasteiger partial charge in [-0.05, 0) is 29.8 Å². The van der Waals surface area contributed by atoms with Crippen molar-refractivity contribution in [3.05, 3.63) is 65.4 Å². The van der Waals surface area contributed by atoms with Gasteiger partial charge in [-0.3, -0.25) is 14.7 Å². The molecule has 3 aromatic rings. The topological polar surface area (TPSA) is 72.0 Å². The molecule has 0 atom stereocenters. The molecular formula is C15H12ClN3O2S. The average Bonchev–Trinajstić information content (AvgIpc) is 2.49. The predicted molar refractivity (Wildman–Crippen MR) is 87.2 cm³/mol. The highest BCUT2D eigenvalue weighted by atomic mass is 35.5. The number of rotatable bonds is 4. The Morgan fingerprint density at radius 2 is 1.73 bits per heavy atom. The fourth-order valence-electron chi connectivity index (χ4n) is 2.06. The Hall–Kier alpha value is -2.18. The molecule has 0 saturated heterocycles.